The van der Waals surface area contributed by atoms with Crippen LogP contribution in [-0.4, -0.2) is 16.8 Å². The molecule has 1 fully saturated rings. The second-order valence-corrected chi connectivity index (χ2v) is 6.36. The van der Waals surface area contributed by atoms with Crippen molar-refractivity contribution in [3.05, 3.63) is 35.4 Å². The van der Waals surface area contributed by atoms with Gasteiger partial charge in [0, 0.05) is 10.8 Å². The molecule has 0 aliphatic heterocycles. The zero-order valence-corrected chi connectivity index (χ0v) is 11.9. The van der Waals surface area contributed by atoms with Crippen LogP contribution in [0.5, 0.6) is 0 Å². The summed E-state index contributed by atoms with van der Waals surface area (Å²) in [7, 11) is 0. The van der Waals surface area contributed by atoms with Gasteiger partial charge in [0.2, 0.25) is 0 Å². The van der Waals surface area contributed by atoms with Gasteiger partial charge in [0.15, 0.2) is 5.78 Å². The monoisotopic (exact) mass is 302 g/mol. The number of carbonyl (C=O) groups is 1. The van der Waals surface area contributed by atoms with E-state index in [2.05, 4.69) is 0 Å². The van der Waals surface area contributed by atoms with Crippen molar-refractivity contribution in [1.82, 2.24) is 0 Å². The molecule has 1 aromatic carbocycles. The predicted molar refractivity (Wildman–Crippen MR) is 75.1 cm³/mol. The second kappa shape index (κ2) is 6.66. The average molecular weight is 302 g/mol. The van der Waals surface area contributed by atoms with Crippen LogP contribution in [0, 0.1) is 0 Å². The minimum Gasteiger partial charge on any atom is -0.293 e. The van der Waals surface area contributed by atoms with Crippen LogP contribution in [0.3, 0.4) is 0 Å². The first kappa shape index (κ1) is 15.4. The van der Waals surface area contributed by atoms with Gasteiger partial charge in [0.05, 0.1) is 11.3 Å². The lowest BCUT2D eigenvalue weighted by atomic mass is 10.0. The quantitative estimate of drug-likeness (QED) is 0.732. The number of benzene rings is 1. The van der Waals surface area contributed by atoms with E-state index in [0.717, 1.165) is 25.0 Å². The maximum atomic E-state index is 12.4. The number of hydrogen-bond acceptors (Lipinski definition) is 2. The third kappa shape index (κ3) is 4.27. The maximum absolute atomic E-state index is 12.4. The zero-order chi connectivity index (χ0) is 14.6. The van der Waals surface area contributed by atoms with Crippen molar-refractivity contribution in [3.63, 3.8) is 0 Å². The van der Waals surface area contributed by atoms with Gasteiger partial charge < -0.3 is 0 Å². The molecule has 0 heterocycles. The van der Waals surface area contributed by atoms with E-state index in [-0.39, 0.29) is 5.78 Å². The Morgan fingerprint density at radius 2 is 1.70 bits per heavy atom. The van der Waals surface area contributed by atoms with Crippen molar-refractivity contribution in [2.45, 2.75) is 43.5 Å². The fraction of sp³-hybridized carbons (Fsp3) is 0.533. The molecule has 1 aromatic rings. The van der Waals surface area contributed by atoms with E-state index in [1.165, 1.54) is 31.4 Å². The molecule has 1 nitrogen and oxygen atoms in total. The number of ketones is 1. The minimum atomic E-state index is -4.35. The highest BCUT2D eigenvalue weighted by molar-refractivity contribution is 8.00. The molecule has 0 aromatic heterocycles. The fourth-order valence-corrected chi connectivity index (χ4v) is 3.57. The van der Waals surface area contributed by atoms with Crippen molar-refractivity contribution in [2.24, 2.45) is 0 Å². The Balaban J connectivity index is 1.89. The third-order valence-corrected chi connectivity index (χ3v) is 4.91. The molecule has 1 aliphatic carbocycles. The van der Waals surface area contributed by atoms with Crippen molar-refractivity contribution >= 4 is 17.5 Å². The van der Waals surface area contributed by atoms with Gasteiger partial charge in [-0.2, -0.15) is 24.9 Å². The van der Waals surface area contributed by atoms with Crippen LogP contribution in [0.15, 0.2) is 24.3 Å². The summed E-state index contributed by atoms with van der Waals surface area (Å²) in [4.78, 5) is 11.9. The number of Topliss-reactive ketones (excluding diaryl/α,β-unsaturated/α-hetero) is 1. The summed E-state index contributed by atoms with van der Waals surface area (Å²) in [5.41, 5.74) is -0.352. The van der Waals surface area contributed by atoms with Gasteiger partial charge >= 0.3 is 6.18 Å². The summed E-state index contributed by atoms with van der Waals surface area (Å²) in [5, 5.41) is 0.530. The van der Waals surface area contributed by atoms with Crippen molar-refractivity contribution < 1.29 is 18.0 Å². The smallest absolute Gasteiger partial charge is 0.293 e. The summed E-state index contributed by atoms with van der Waals surface area (Å²) in [5.74, 6) is 0.269. The Hall–Kier alpha value is -0.970. The largest absolute Gasteiger partial charge is 0.416 e. The van der Waals surface area contributed by atoms with Crippen LogP contribution in [0.2, 0.25) is 0 Å². The molecule has 1 aliphatic rings. The standard InChI is InChI=1S/C15H17F3OS/c16-15(17,18)12-8-6-11(7-9-12)14(19)10-20-13-4-2-1-3-5-13/h6-9,13H,1-5,10H2. The average Bonchev–Trinajstić information content (AvgIpc) is 2.45. The molecular formula is C15H17F3OS. The lowest BCUT2D eigenvalue weighted by Gasteiger charge is -2.20. The lowest BCUT2D eigenvalue weighted by Crippen LogP contribution is -2.12. The van der Waals surface area contributed by atoms with E-state index < -0.39 is 11.7 Å². The van der Waals surface area contributed by atoms with Crippen LogP contribution in [-0.2, 0) is 6.18 Å². The molecule has 110 valence electrons. The van der Waals surface area contributed by atoms with Gasteiger partial charge in [-0.1, -0.05) is 31.4 Å². The minimum absolute atomic E-state index is 0.0886. The van der Waals surface area contributed by atoms with E-state index in [1.54, 1.807) is 11.8 Å². The number of rotatable bonds is 4. The Morgan fingerprint density at radius 1 is 1.10 bits per heavy atom. The molecule has 0 saturated heterocycles. The highest BCUT2D eigenvalue weighted by Gasteiger charge is 2.30. The summed E-state index contributed by atoms with van der Waals surface area (Å²) in [6.45, 7) is 0. The Labute approximate surface area is 120 Å². The Bertz CT molecular complexity index is 447. The molecule has 5 heteroatoms. The number of hydrogen-bond donors (Lipinski definition) is 0. The van der Waals surface area contributed by atoms with Gasteiger partial charge in [0.25, 0.3) is 0 Å². The Kier molecular flexibility index (Phi) is 5.13. The number of carbonyl (C=O) groups excluding carboxylic acids is 1. The molecule has 0 spiro atoms. The number of thioether (sulfide) groups is 1. The van der Waals surface area contributed by atoms with Gasteiger partial charge in [-0.05, 0) is 25.0 Å². The molecule has 0 amide bonds. The normalized spacial score (nSPS) is 17.1. The maximum Gasteiger partial charge on any atom is 0.416 e. The summed E-state index contributed by atoms with van der Waals surface area (Å²) < 4.78 is 37.3. The molecule has 0 atom stereocenters. The highest BCUT2D eigenvalue weighted by atomic mass is 32.2. The van der Waals surface area contributed by atoms with Crippen LogP contribution < -0.4 is 0 Å². The van der Waals surface area contributed by atoms with Gasteiger partial charge in [-0.25, -0.2) is 0 Å². The number of alkyl halides is 3. The van der Waals surface area contributed by atoms with Gasteiger partial charge in [-0.15, -0.1) is 0 Å². The first-order valence-electron chi connectivity index (χ1n) is 6.79. The third-order valence-electron chi connectivity index (χ3n) is 3.54. The molecule has 2 rings (SSSR count). The van der Waals surface area contributed by atoms with Crippen molar-refractivity contribution in [3.8, 4) is 0 Å². The van der Waals surface area contributed by atoms with Crippen molar-refractivity contribution in [2.75, 3.05) is 5.75 Å². The van der Waals surface area contributed by atoms with E-state index in [9.17, 15) is 18.0 Å². The van der Waals surface area contributed by atoms with Crippen LogP contribution in [0.25, 0.3) is 0 Å². The predicted octanol–water partition coefficient (Wildman–Crippen LogP) is 4.95. The van der Waals surface area contributed by atoms with E-state index in [1.807, 2.05) is 0 Å². The van der Waals surface area contributed by atoms with Crippen LogP contribution >= 0.6 is 11.8 Å². The SMILES string of the molecule is O=C(CSC1CCCCC1)c1ccc(C(F)(F)F)cc1. The number of halogens is 3. The van der Waals surface area contributed by atoms with Crippen LogP contribution in [0.1, 0.15) is 48.0 Å². The van der Waals surface area contributed by atoms with E-state index in [0.29, 0.717) is 16.6 Å². The first-order chi connectivity index (χ1) is 9.47. The molecular weight excluding hydrogens is 285 g/mol. The Morgan fingerprint density at radius 3 is 2.25 bits per heavy atom. The zero-order valence-electron chi connectivity index (χ0n) is 11.1. The molecule has 20 heavy (non-hydrogen) atoms. The lowest BCUT2D eigenvalue weighted by molar-refractivity contribution is -0.137. The summed E-state index contributed by atoms with van der Waals surface area (Å²) in [6, 6.07) is 4.48. The first-order valence-corrected chi connectivity index (χ1v) is 7.84. The topological polar surface area (TPSA) is 17.1 Å². The molecule has 0 N–H and O–H groups in total. The highest BCUT2D eigenvalue weighted by Crippen LogP contribution is 2.30. The fourth-order valence-electron chi connectivity index (χ4n) is 2.35. The van der Waals surface area contributed by atoms with Gasteiger partial charge in [-0.3, -0.25) is 4.79 Å². The molecule has 0 bridgehead atoms. The van der Waals surface area contributed by atoms with Crippen LogP contribution in [0.4, 0.5) is 13.2 Å². The van der Waals surface area contributed by atoms with E-state index >= 15 is 0 Å². The molecule has 0 radical (unpaired) electrons. The molecule has 0 unspecified atom stereocenters. The van der Waals surface area contributed by atoms with Gasteiger partial charge in [0.1, 0.15) is 0 Å². The summed E-state index contributed by atoms with van der Waals surface area (Å²) in [6.07, 6.45) is 1.64. The van der Waals surface area contributed by atoms with Crippen molar-refractivity contribution in [1.29, 1.82) is 0 Å². The summed E-state index contributed by atoms with van der Waals surface area (Å²) >= 11 is 1.64. The van der Waals surface area contributed by atoms with E-state index in [4.69, 9.17) is 0 Å². The molecule has 1 saturated carbocycles. The second-order valence-electron chi connectivity index (χ2n) is 5.07.